The maximum absolute atomic E-state index is 13.1. The van der Waals surface area contributed by atoms with E-state index in [1.54, 1.807) is 0 Å². The number of alkyl halides is 3. The Labute approximate surface area is 171 Å². The number of nitrogens with zero attached hydrogens (tertiary/aromatic N) is 2. The summed E-state index contributed by atoms with van der Waals surface area (Å²) < 4.78 is 65.9. The number of carbonyl (C=O) groups excluding carboxylic acids is 2. The van der Waals surface area contributed by atoms with E-state index in [0.717, 1.165) is 12.3 Å². The molecule has 0 spiro atoms. The Morgan fingerprint density at radius 3 is 2.07 bits per heavy atom. The number of hydrogen-bond acceptors (Lipinski definition) is 6. The van der Waals surface area contributed by atoms with Crippen LogP contribution in [0.2, 0.25) is 0 Å². The van der Waals surface area contributed by atoms with Crippen LogP contribution in [-0.4, -0.2) is 42.0 Å². The van der Waals surface area contributed by atoms with Crippen molar-refractivity contribution in [2.45, 2.75) is 40.8 Å². The summed E-state index contributed by atoms with van der Waals surface area (Å²) in [6.07, 6.45) is -3.96. The number of halogens is 3. The zero-order valence-electron chi connectivity index (χ0n) is 17.2. The van der Waals surface area contributed by atoms with E-state index in [4.69, 9.17) is 0 Å². The minimum Gasteiger partial charge on any atom is -0.506 e. The van der Waals surface area contributed by atoms with Crippen LogP contribution in [0.1, 0.15) is 44.6 Å². The van der Waals surface area contributed by atoms with Gasteiger partial charge in [-0.3, -0.25) is 9.59 Å². The molecule has 2 rings (SSSR count). The Morgan fingerprint density at radius 1 is 1.10 bits per heavy atom. The second-order valence-corrected chi connectivity index (χ2v) is 9.78. The lowest BCUT2D eigenvalue weighted by Crippen LogP contribution is -2.54. The van der Waals surface area contributed by atoms with Gasteiger partial charge in [0.25, 0.3) is 10.0 Å². The lowest BCUT2D eigenvalue weighted by molar-refractivity contribution is -0.142. The van der Waals surface area contributed by atoms with Gasteiger partial charge in [0.2, 0.25) is 0 Å². The van der Waals surface area contributed by atoms with E-state index in [9.17, 15) is 36.3 Å². The van der Waals surface area contributed by atoms with Crippen LogP contribution < -0.4 is 0 Å². The third-order valence-corrected chi connectivity index (χ3v) is 5.40. The van der Waals surface area contributed by atoms with E-state index < -0.39 is 61.3 Å². The van der Waals surface area contributed by atoms with Crippen molar-refractivity contribution in [1.82, 2.24) is 4.98 Å². The average molecular weight is 446 g/mol. The molecule has 1 aromatic heterocycles. The maximum Gasteiger partial charge on any atom is 0.433 e. The van der Waals surface area contributed by atoms with Crippen molar-refractivity contribution in [3.8, 4) is 0 Å². The van der Waals surface area contributed by atoms with E-state index >= 15 is 0 Å². The van der Waals surface area contributed by atoms with E-state index in [-0.39, 0.29) is 11.3 Å². The molecule has 1 aliphatic rings. The number of sulfonamides is 1. The quantitative estimate of drug-likeness (QED) is 0.424. The predicted octanol–water partition coefficient (Wildman–Crippen LogP) is 3.28. The van der Waals surface area contributed by atoms with Crippen LogP contribution in [-0.2, 0) is 25.8 Å². The summed E-state index contributed by atoms with van der Waals surface area (Å²) in [5.41, 5.74) is -5.87. The molecule has 1 aromatic rings. The first-order chi connectivity index (χ1) is 13.3. The third-order valence-electron chi connectivity index (χ3n) is 4.88. The SMILES string of the molecule is Cc1nc(C(F)(F)F)ccc1C(O)=C1C(=O)C(C)(C)C(=O)C(C)(C)C1=NS(C)(=O)=O. The minimum atomic E-state index is -4.72. The molecule has 0 amide bonds. The number of ketones is 2. The lowest BCUT2D eigenvalue weighted by Gasteiger charge is -2.40. The van der Waals surface area contributed by atoms with Gasteiger partial charge in [0.05, 0.1) is 28.4 Å². The Kier molecular flexibility index (Phi) is 5.53. The summed E-state index contributed by atoms with van der Waals surface area (Å²) in [4.78, 5) is 29.4. The molecular formula is C19H21F3N2O5S. The summed E-state index contributed by atoms with van der Waals surface area (Å²) >= 11 is 0. The minimum absolute atomic E-state index is 0.214. The van der Waals surface area contributed by atoms with Gasteiger partial charge in [-0.1, -0.05) is 0 Å². The van der Waals surface area contributed by atoms with Crippen LogP contribution in [0, 0.1) is 17.8 Å². The lowest BCUT2D eigenvalue weighted by atomic mass is 9.60. The smallest absolute Gasteiger partial charge is 0.433 e. The summed E-state index contributed by atoms with van der Waals surface area (Å²) in [5.74, 6) is -2.30. The van der Waals surface area contributed by atoms with Crippen molar-refractivity contribution < 1.29 is 36.3 Å². The summed E-state index contributed by atoms with van der Waals surface area (Å²) in [5, 5.41) is 10.9. The number of allylic oxidation sites excluding steroid dienone is 1. The van der Waals surface area contributed by atoms with E-state index in [2.05, 4.69) is 9.38 Å². The van der Waals surface area contributed by atoms with Crippen molar-refractivity contribution in [1.29, 1.82) is 0 Å². The summed E-state index contributed by atoms with van der Waals surface area (Å²) in [7, 11) is -4.09. The molecule has 0 unspecified atom stereocenters. The van der Waals surface area contributed by atoms with Crippen LogP contribution in [0.5, 0.6) is 0 Å². The van der Waals surface area contributed by atoms with Gasteiger partial charge in [0, 0.05) is 11.3 Å². The number of rotatable bonds is 2. The summed E-state index contributed by atoms with van der Waals surface area (Å²) in [6.45, 7) is 6.56. The van der Waals surface area contributed by atoms with E-state index in [0.29, 0.717) is 6.07 Å². The zero-order chi connectivity index (χ0) is 23.4. The van der Waals surface area contributed by atoms with Gasteiger partial charge >= 0.3 is 6.18 Å². The Morgan fingerprint density at radius 2 is 1.63 bits per heavy atom. The van der Waals surface area contributed by atoms with Gasteiger partial charge in [-0.2, -0.15) is 17.6 Å². The second kappa shape index (κ2) is 7.00. The Hall–Kier alpha value is -2.56. The van der Waals surface area contributed by atoms with Gasteiger partial charge in [-0.05, 0) is 46.8 Å². The van der Waals surface area contributed by atoms with Crippen LogP contribution in [0.3, 0.4) is 0 Å². The molecule has 1 N–H and O–H groups in total. The number of hydrogen-bond donors (Lipinski definition) is 1. The molecule has 1 saturated carbocycles. The molecule has 0 saturated heterocycles. The zero-order valence-corrected chi connectivity index (χ0v) is 18.0. The van der Waals surface area contributed by atoms with Crippen LogP contribution in [0.15, 0.2) is 22.1 Å². The van der Waals surface area contributed by atoms with E-state index in [1.807, 2.05) is 0 Å². The van der Waals surface area contributed by atoms with Gasteiger partial charge in [0.15, 0.2) is 11.6 Å². The predicted molar refractivity (Wildman–Crippen MR) is 103 cm³/mol. The molecule has 164 valence electrons. The molecule has 0 radical (unpaired) electrons. The van der Waals surface area contributed by atoms with Gasteiger partial charge < -0.3 is 5.11 Å². The number of Topliss-reactive ketones (excluding diaryl/α,β-unsaturated/α-hetero) is 2. The molecule has 0 aromatic carbocycles. The van der Waals surface area contributed by atoms with Crippen LogP contribution >= 0.6 is 0 Å². The molecule has 0 bridgehead atoms. The molecule has 1 fully saturated rings. The molecule has 11 heteroatoms. The van der Waals surface area contributed by atoms with E-state index in [1.165, 1.54) is 34.6 Å². The van der Waals surface area contributed by atoms with Crippen molar-refractivity contribution >= 4 is 33.1 Å². The first-order valence-electron chi connectivity index (χ1n) is 8.70. The number of pyridine rings is 1. The average Bonchev–Trinajstić information content (AvgIpc) is 2.57. The van der Waals surface area contributed by atoms with Gasteiger partial charge in [-0.15, -0.1) is 0 Å². The highest BCUT2D eigenvalue weighted by Gasteiger charge is 2.56. The Balaban J connectivity index is 2.91. The standard InChI is InChI=1S/C19H21F3N2O5S/c1-9-10(7-8-11(23-9)19(20,21)22)13(25)12-14(24-30(6,28)29)17(2,3)16(27)18(4,5)15(12)26/h7-8,25H,1-6H3. The number of aliphatic hydroxyl groups excluding tert-OH is 1. The Bertz CT molecular complexity index is 1110. The molecule has 7 nitrogen and oxygen atoms in total. The molecule has 0 atom stereocenters. The highest BCUT2D eigenvalue weighted by Crippen LogP contribution is 2.44. The fourth-order valence-corrected chi connectivity index (χ4v) is 4.02. The first kappa shape index (κ1) is 23.7. The third kappa shape index (κ3) is 4.03. The van der Waals surface area contributed by atoms with Crippen molar-refractivity contribution in [3.63, 3.8) is 0 Å². The maximum atomic E-state index is 13.1. The number of aliphatic hydroxyl groups is 1. The molecule has 0 aliphatic heterocycles. The van der Waals surface area contributed by atoms with Crippen molar-refractivity contribution in [2.24, 2.45) is 15.2 Å². The van der Waals surface area contributed by atoms with Crippen LogP contribution in [0.4, 0.5) is 13.2 Å². The summed E-state index contributed by atoms with van der Waals surface area (Å²) in [6, 6.07) is 1.55. The highest BCUT2D eigenvalue weighted by atomic mass is 32.2. The highest BCUT2D eigenvalue weighted by molar-refractivity contribution is 7.89. The number of carbonyl (C=O) groups is 2. The van der Waals surface area contributed by atoms with Gasteiger partial charge in [0.1, 0.15) is 11.5 Å². The topological polar surface area (TPSA) is 114 Å². The number of aryl methyl sites for hydroxylation is 1. The molecule has 1 heterocycles. The normalized spacial score (nSPS) is 22.4. The van der Waals surface area contributed by atoms with Crippen LogP contribution in [0.25, 0.3) is 5.76 Å². The fraction of sp³-hybridized carbons (Fsp3) is 0.474. The second-order valence-electron chi connectivity index (χ2n) is 8.13. The molecule has 1 aliphatic carbocycles. The number of aromatic nitrogens is 1. The molecule has 30 heavy (non-hydrogen) atoms. The first-order valence-corrected chi connectivity index (χ1v) is 10.6. The fourth-order valence-electron chi connectivity index (χ4n) is 3.37. The monoisotopic (exact) mass is 446 g/mol. The largest absolute Gasteiger partial charge is 0.506 e. The molecular weight excluding hydrogens is 425 g/mol. The van der Waals surface area contributed by atoms with Gasteiger partial charge in [-0.25, -0.2) is 13.4 Å². The van der Waals surface area contributed by atoms with Crippen molar-refractivity contribution in [3.05, 3.63) is 34.7 Å². The van der Waals surface area contributed by atoms with Crippen molar-refractivity contribution in [2.75, 3.05) is 6.26 Å².